The minimum atomic E-state index is 0.506. The molecule has 0 amide bonds. The zero-order valence-corrected chi connectivity index (χ0v) is 6.46. The highest BCUT2D eigenvalue weighted by Crippen LogP contribution is 2.04. The zero-order valence-electron chi connectivity index (χ0n) is 6.46. The van der Waals surface area contributed by atoms with Crippen molar-refractivity contribution in [3.05, 3.63) is 12.3 Å². The fourth-order valence-corrected chi connectivity index (χ4v) is 0.512. The van der Waals surface area contributed by atoms with Gasteiger partial charge in [-0.3, -0.25) is 9.90 Å². The molecule has 0 aliphatic heterocycles. The van der Waals surface area contributed by atoms with Gasteiger partial charge in [-0.1, -0.05) is 6.58 Å². The van der Waals surface area contributed by atoms with E-state index in [0.29, 0.717) is 12.8 Å². The molecule has 0 saturated heterocycles. The number of hydrogen-bond donors (Lipinski definition) is 0. The first kappa shape index (κ1) is 9.17. The normalized spacial score (nSPS) is 9.00. The molecule has 0 N–H and O–H groups in total. The number of carbonyl (C=O) groups is 1. The average molecular weight is 143 g/mol. The molecular formula is C7H13NO2. The molecule has 0 aromatic heterocycles. The van der Waals surface area contributed by atoms with Crippen LogP contribution in [0.25, 0.3) is 0 Å². The summed E-state index contributed by atoms with van der Waals surface area (Å²) in [5.74, 6) is 0. The number of nitrogens with zero attached hydrogens (tertiary/aromatic N) is 1. The third-order valence-corrected chi connectivity index (χ3v) is 1.27. The van der Waals surface area contributed by atoms with E-state index >= 15 is 0 Å². The first-order valence-corrected chi connectivity index (χ1v) is 3.11. The van der Waals surface area contributed by atoms with Crippen molar-refractivity contribution in [2.75, 3.05) is 14.2 Å². The molecule has 0 rings (SSSR count). The third-order valence-electron chi connectivity index (χ3n) is 1.27. The van der Waals surface area contributed by atoms with Crippen molar-refractivity contribution in [1.29, 1.82) is 0 Å². The van der Waals surface area contributed by atoms with E-state index < -0.39 is 0 Å². The van der Waals surface area contributed by atoms with E-state index in [0.717, 1.165) is 12.0 Å². The fraction of sp³-hybridized carbons (Fsp3) is 0.571. The van der Waals surface area contributed by atoms with Gasteiger partial charge < -0.3 is 4.79 Å². The molecule has 3 heteroatoms. The van der Waals surface area contributed by atoms with Gasteiger partial charge in [-0.15, -0.1) is 0 Å². The van der Waals surface area contributed by atoms with E-state index in [-0.39, 0.29) is 0 Å². The van der Waals surface area contributed by atoms with E-state index in [1.807, 2.05) is 0 Å². The maximum absolute atomic E-state index is 9.92. The van der Waals surface area contributed by atoms with Crippen molar-refractivity contribution in [2.45, 2.75) is 12.8 Å². The highest BCUT2D eigenvalue weighted by molar-refractivity contribution is 5.49. The van der Waals surface area contributed by atoms with Gasteiger partial charge in [-0.25, -0.2) is 0 Å². The van der Waals surface area contributed by atoms with Crippen LogP contribution in [0.3, 0.4) is 0 Å². The van der Waals surface area contributed by atoms with Crippen LogP contribution in [0, 0.1) is 0 Å². The van der Waals surface area contributed by atoms with Gasteiger partial charge in [0.05, 0.1) is 7.11 Å². The Bertz CT molecular complexity index is 123. The molecule has 0 radical (unpaired) electrons. The quantitative estimate of drug-likeness (QED) is 0.424. The number of allylic oxidation sites excluding steroid dienone is 1. The van der Waals surface area contributed by atoms with Gasteiger partial charge in [0.25, 0.3) is 0 Å². The summed E-state index contributed by atoms with van der Waals surface area (Å²) < 4.78 is 0. The second kappa shape index (κ2) is 4.99. The second-order valence-corrected chi connectivity index (χ2v) is 1.95. The maximum atomic E-state index is 9.92. The number of hydroxylamine groups is 2. The van der Waals surface area contributed by atoms with Crippen LogP contribution in [-0.2, 0) is 9.63 Å². The SMILES string of the molecule is C=C(CCC=O)N(C)OC. The fourth-order valence-electron chi connectivity index (χ4n) is 0.512. The first-order valence-electron chi connectivity index (χ1n) is 3.11. The molecular weight excluding hydrogens is 130 g/mol. The molecule has 0 bridgehead atoms. The lowest BCUT2D eigenvalue weighted by Crippen LogP contribution is -2.14. The van der Waals surface area contributed by atoms with Gasteiger partial charge in [0.1, 0.15) is 6.29 Å². The number of rotatable bonds is 5. The monoisotopic (exact) mass is 143 g/mol. The molecule has 0 saturated carbocycles. The minimum absolute atomic E-state index is 0.506. The molecule has 0 aliphatic rings. The minimum Gasteiger partial charge on any atom is -0.303 e. The van der Waals surface area contributed by atoms with E-state index in [9.17, 15) is 4.79 Å². The molecule has 0 unspecified atom stereocenters. The first-order chi connectivity index (χ1) is 4.72. The summed E-state index contributed by atoms with van der Waals surface area (Å²) >= 11 is 0. The molecule has 10 heavy (non-hydrogen) atoms. The molecule has 0 spiro atoms. The van der Waals surface area contributed by atoms with Crippen molar-refractivity contribution in [3.8, 4) is 0 Å². The number of aldehydes is 1. The van der Waals surface area contributed by atoms with Gasteiger partial charge in [-0.05, 0) is 6.42 Å². The summed E-state index contributed by atoms with van der Waals surface area (Å²) in [5.41, 5.74) is 0.814. The molecule has 0 heterocycles. The summed E-state index contributed by atoms with van der Waals surface area (Å²) in [7, 11) is 3.32. The van der Waals surface area contributed by atoms with Crippen LogP contribution in [0.15, 0.2) is 12.3 Å². The Morgan fingerprint density at radius 1 is 1.80 bits per heavy atom. The van der Waals surface area contributed by atoms with Crippen molar-refractivity contribution < 1.29 is 9.63 Å². The van der Waals surface area contributed by atoms with Crippen molar-refractivity contribution in [3.63, 3.8) is 0 Å². The predicted octanol–water partition coefficient (Wildman–Crippen LogP) is 0.972. The van der Waals surface area contributed by atoms with Gasteiger partial charge >= 0.3 is 0 Å². The van der Waals surface area contributed by atoms with Crippen LogP contribution >= 0.6 is 0 Å². The average Bonchev–Trinajstić information content (AvgIpc) is 1.98. The lowest BCUT2D eigenvalue weighted by molar-refractivity contribution is -0.108. The molecule has 0 aliphatic carbocycles. The highest BCUT2D eigenvalue weighted by Gasteiger charge is 1.97. The second-order valence-electron chi connectivity index (χ2n) is 1.95. The smallest absolute Gasteiger partial charge is 0.120 e. The summed E-state index contributed by atoms with van der Waals surface area (Å²) in [6.07, 6.45) is 2.04. The Kier molecular flexibility index (Phi) is 4.58. The van der Waals surface area contributed by atoms with Crippen molar-refractivity contribution in [2.24, 2.45) is 0 Å². The van der Waals surface area contributed by atoms with Crippen molar-refractivity contribution >= 4 is 6.29 Å². The molecule has 0 aromatic rings. The summed E-state index contributed by atoms with van der Waals surface area (Å²) in [5, 5.41) is 1.55. The molecule has 0 aromatic carbocycles. The van der Waals surface area contributed by atoms with E-state index in [4.69, 9.17) is 4.84 Å². The number of carbonyl (C=O) groups excluding carboxylic acids is 1. The topological polar surface area (TPSA) is 29.5 Å². The van der Waals surface area contributed by atoms with Crippen LogP contribution < -0.4 is 0 Å². The Labute approximate surface area is 61.2 Å². The van der Waals surface area contributed by atoms with Gasteiger partial charge in [0, 0.05) is 19.2 Å². The Balaban J connectivity index is 3.51. The standard InChI is InChI=1S/C7H13NO2/c1-7(5-4-6-9)8(2)10-3/h6H,1,4-5H2,2-3H3. The molecule has 0 fully saturated rings. The predicted molar refractivity (Wildman–Crippen MR) is 39.2 cm³/mol. The Morgan fingerprint density at radius 2 is 2.40 bits per heavy atom. The molecule has 0 atom stereocenters. The van der Waals surface area contributed by atoms with Crippen LogP contribution in [0.4, 0.5) is 0 Å². The van der Waals surface area contributed by atoms with E-state index in [1.165, 1.54) is 0 Å². The molecule has 3 nitrogen and oxygen atoms in total. The van der Waals surface area contributed by atoms with Gasteiger partial charge in [0.15, 0.2) is 0 Å². The lowest BCUT2D eigenvalue weighted by atomic mass is 10.3. The summed E-state index contributed by atoms with van der Waals surface area (Å²) in [6.45, 7) is 3.70. The zero-order chi connectivity index (χ0) is 7.98. The summed E-state index contributed by atoms with van der Waals surface area (Å²) in [6, 6.07) is 0. The largest absolute Gasteiger partial charge is 0.303 e. The van der Waals surface area contributed by atoms with Crippen LogP contribution in [0.1, 0.15) is 12.8 Å². The van der Waals surface area contributed by atoms with Gasteiger partial charge in [-0.2, -0.15) is 0 Å². The number of hydrogen-bond acceptors (Lipinski definition) is 3. The molecule has 58 valence electrons. The van der Waals surface area contributed by atoms with E-state index in [2.05, 4.69) is 6.58 Å². The summed E-state index contributed by atoms with van der Waals surface area (Å²) in [4.78, 5) is 14.7. The maximum Gasteiger partial charge on any atom is 0.120 e. The van der Waals surface area contributed by atoms with Crippen LogP contribution in [0.5, 0.6) is 0 Å². The lowest BCUT2D eigenvalue weighted by Gasteiger charge is -2.17. The third kappa shape index (κ3) is 3.25. The van der Waals surface area contributed by atoms with Crippen LogP contribution in [-0.4, -0.2) is 25.5 Å². The van der Waals surface area contributed by atoms with Crippen LogP contribution in [0.2, 0.25) is 0 Å². The van der Waals surface area contributed by atoms with Crippen molar-refractivity contribution in [1.82, 2.24) is 5.06 Å². The Morgan fingerprint density at radius 3 is 2.80 bits per heavy atom. The van der Waals surface area contributed by atoms with E-state index in [1.54, 1.807) is 19.2 Å². The Hall–Kier alpha value is -0.830. The van der Waals surface area contributed by atoms with Gasteiger partial charge in [0.2, 0.25) is 0 Å². The highest BCUT2D eigenvalue weighted by atomic mass is 16.7.